The Bertz CT molecular complexity index is 527. The first-order valence-electron chi connectivity index (χ1n) is 5.67. The predicted octanol–water partition coefficient (Wildman–Crippen LogP) is 1.24. The first-order valence-corrected chi connectivity index (χ1v) is 5.67. The number of aliphatic carboxylic acids is 1. The number of carbonyl (C=O) groups is 3. The fourth-order valence-electron chi connectivity index (χ4n) is 1.27. The number of carboxylic acid groups (broad SMARTS) is 1. The third-order valence-electron chi connectivity index (χ3n) is 2.09. The number of carbonyl (C=O) groups excluding carboxylic acids is 2. The van der Waals surface area contributed by atoms with Crippen LogP contribution in [0, 0.1) is 0 Å². The molecule has 106 valence electrons. The molecule has 0 radical (unpaired) electrons. The molecule has 0 spiro atoms. The summed E-state index contributed by atoms with van der Waals surface area (Å²) in [5.41, 5.74) is 0.615. The quantitative estimate of drug-likeness (QED) is 0.536. The van der Waals surface area contributed by atoms with Gasteiger partial charge in [0.1, 0.15) is 13.2 Å². The topological polar surface area (TPSA) is 105 Å². The highest BCUT2D eigenvalue weighted by Gasteiger charge is 2.09. The van der Waals surface area contributed by atoms with E-state index in [1.54, 1.807) is 12.1 Å². The fourth-order valence-corrected chi connectivity index (χ4v) is 1.27. The van der Waals surface area contributed by atoms with E-state index < -0.39 is 24.5 Å². The van der Waals surface area contributed by atoms with Crippen molar-refractivity contribution in [2.75, 3.05) is 18.5 Å². The molecule has 7 heteroatoms. The summed E-state index contributed by atoms with van der Waals surface area (Å²) in [5, 5.41) is 13.0. The number of urea groups is 1. The molecular formula is C13H14N2O5. The zero-order valence-corrected chi connectivity index (χ0v) is 10.6. The van der Waals surface area contributed by atoms with Crippen LogP contribution in [0.4, 0.5) is 10.5 Å². The Kier molecular flexibility index (Phi) is 5.76. The molecule has 0 aliphatic heterocycles. The molecule has 20 heavy (non-hydrogen) atoms. The van der Waals surface area contributed by atoms with Crippen molar-refractivity contribution in [2.45, 2.75) is 0 Å². The van der Waals surface area contributed by atoms with Crippen molar-refractivity contribution < 1.29 is 24.2 Å². The van der Waals surface area contributed by atoms with Gasteiger partial charge in [-0.3, -0.25) is 4.79 Å². The lowest BCUT2D eigenvalue weighted by molar-refractivity contribution is -0.135. The molecule has 0 atom stereocenters. The number of anilines is 1. The largest absolute Gasteiger partial charge is 0.480 e. The zero-order valence-electron chi connectivity index (χ0n) is 10.6. The summed E-state index contributed by atoms with van der Waals surface area (Å²) < 4.78 is 4.85. The van der Waals surface area contributed by atoms with Gasteiger partial charge < -0.3 is 20.5 Å². The highest BCUT2D eigenvalue weighted by Crippen LogP contribution is 2.11. The van der Waals surface area contributed by atoms with Gasteiger partial charge in [0.05, 0.1) is 5.56 Å². The van der Waals surface area contributed by atoms with Crippen molar-refractivity contribution in [3.8, 4) is 0 Å². The second kappa shape index (κ2) is 7.57. The monoisotopic (exact) mass is 278 g/mol. The Labute approximate surface area is 115 Å². The molecule has 1 aromatic rings. The number of nitrogens with one attached hydrogen (secondary N) is 2. The smallest absolute Gasteiger partial charge is 0.338 e. The van der Waals surface area contributed by atoms with Gasteiger partial charge >= 0.3 is 18.0 Å². The van der Waals surface area contributed by atoms with Crippen molar-refractivity contribution in [1.29, 1.82) is 0 Å². The van der Waals surface area contributed by atoms with Crippen LogP contribution < -0.4 is 10.6 Å². The first kappa shape index (κ1) is 15.2. The summed E-state index contributed by atoms with van der Waals surface area (Å²) >= 11 is 0. The van der Waals surface area contributed by atoms with E-state index in [4.69, 9.17) is 9.84 Å². The molecule has 0 saturated carbocycles. The number of hydrogen-bond donors (Lipinski definition) is 3. The lowest BCUT2D eigenvalue weighted by Gasteiger charge is -2.07. The van der Waals surface area contributed by atoms with Crippen molar-refractivity contribution >= 4 is 23.7 Å². The second-order valence-electron chi connectivity index (χ2n) is 3.67. The maximum Gasteiger partial charge on any atom is 0.338 e. The van der Waals surface area contributed by atoms with Gasteiger partial charge in [0.2, 0.25) is 0 Å². The lowest BCUT2D eigenvalue weighted by atomic mass is 10.2. The summed E-state index contributed by atoms with van der Waals surface area (Å²) in [7, 11) is 0. The third-order valence-corrected chi connectivity index (χ3v) is 2.09. The van der Waals surface area contributed by atoms with E-state index in [9.17, 15) is 14.4 Å². The van der Waals surface area contributed by atoms with Gasteiger partial charge in [-0.1, -0.05) is 18.7 Å². The van der Waals surface area contributed by atoms with Crippen molar-refractivity contribution in [3.63, 3.8) is 0 Å². The van der Waals surface area contributed by atoms with Crippen LogP contribution in [-0.2, 0) is 9.53 Å². The summed E-state index contributed by atoms with van der Waals surface area (Å²) in [6.45, 7) is 3.03. The van der Waals surface area contributed by atoms with Crippen LogP contribution in [0.1, 0.15) is 10.4 Å². The molecule has 3 N–H and O–H groups in total. The molecule has 0 fully saturated rings. The first-order chi connectivity index (χ1) is 9.52. The molecule has 7 nitrogen and oxygen atoms in total. The van der Waals surface area contributed by atoms with Gasteiger partial charge in [-0.25, -0.2) is 9.59 Å². The highest BCUT2D eigenvalue weighted by molar-refractivity contribution is 5.94. The molecule has 0 aliphatic carbocycles. The van der Waals surface area contributed by atoms with Gasteiger partial charge in [0.15, 0.2) is 0 Å². The van der Waals surface area contributed by atoms with E-state index in [-0.39, 0.29) is 12.2 Å². The number of benzene rings is 1. The highest BCUT2D eigenvalue weighted by atomic mass is 16.5. The molecule has 0 aromatic heterocycles. The van der Waals surface area contributed by atoms with Crippen LogP contribution in [0.5, 0.6) is 0 Å². The second-order valence-corrected chi connectivity index (χ2v) is 3.67. The number of amides is 2. The normalized spacial score (nSPS) is 9.40. The maximum atomic E-state index is 11.6. The Morgan fingerprint density at radius 3 is 2.75 bits per heavy atom. The minimum atomic E-state index is -1.15. The predicted molar refractivity (Wildman–Crippen MR) is 71.6 cm³/mol. The molecule has 1 aromatic carbocycles. The Morgan fingerprint density at radius 2 is 2.10 bits per heavy atom. The molecule has 0 heterocycles. The van der Waals surface area contributed by atoms with Crippen LogP contribution >= 0.6 is 0 Å². The average Bonchev–Trinajstić information content (AvgIpc) is 2.42. The summed E-state index contributed by atoms with van der Waals surface area (Å²) in [4.78, 5) is 33.2. The van der Waals surface area contributed by atoms with E-state index in [0.717, 1.165) is 0 Å². The molecule has 0 saturated heterocycles. The van der Waals surface area contributed by atoms with Gasteiger partial charge in [-0.05, 0) is 18.2 Å². The Morgan fingerprint density at radius 1 is 1.35 bits per heavy atom. The van der Waals surface area contributed by atoms with Crippen molar-refractivity contribution in [1.82, 2.24) is 5.32 Å². The van der Waals surface area contributed by atoms with Gasteiger partial charge in [-0.15, -0.1) is 0 Å². The van der Waals surface area contributed by atoms with E-state index in [1.807, 2.05) is 0 Å². The summed E-state index contributed by atoms with van der Waals surface area (Å²) in [5.74, 6) is -1.69. The van der Waals surface area contributed by atoms with E-state index >= 15 is 0 Å². The number of rotatable bonds is 6. The average molecular weight is 278 g/mol. The van der Waals surface area contributed by atoms with E-state index in [1.165, 1.54) is 18.2 Å². The van der Waals surface area contributed by atoms with Crippen LogP contribution in [0.2, 0.25) is 0 Å². The number of hydrogen-bond acceptors (Lipinski definition) is 4. The van der Waals surface area contributed by atoms with Crippen LogP contribution in [0.25, 0.3) is 0 Å². The van der Waals surface area contributed by atoms with Gasteiger partial charge in [0.25, 0.3) is 0 Å². The molecule has 1 rings (SSSR count). The molecular weight excluding hydrogens is 264 g/mol. The summed E-state index contributed by atoms with van der Waals surface area (Å²) in [6.07, 6.45) is 1.44. The van der Waals surface area contributed by atoms with Crippen molar-refractivity contribution in [3.05, 3.63) is 42.5 Å². The standard InChI is InChI=1S/C13H14N2O5/c1-2-6-20-12(18)9-4-3-5-10(7-9)15-13(19)14-8-11(16)17/h2-5,7H,1,6,8H2,(H,16,17)(H2,14,15,19). The van der Waals surface area contributed by atoms with Crippen molar-refractivity contribution in [2.24, 2.45) is 0 Å². The maximum absolute atomic E-state index is 11.6. The zero-order chi connectivity index (χ0) is 15.0. The minimum absolute atomic E-state index is 0.0928. The number of ether oxygens (including phenoxy) is 1. The van der Waals surface area contributed by atoms with Crippen LogP contribution in [-0.4, -0.2) is 36.2 Å². The van der Waals surface area contributed by atoms with Gasteiger partial charge in [0, 0.05) is 5.69 Å². The van der Waals surface area contributed by atoms with E-state index in [0.29, 0.717) is 5.69 Å². The number of esters is 1. The fraction of sp³-hybridized carbons (Fsp3) is 0.154. The van der Waals surface area contributed by atoms with Crippen LogP contribution in [0.15, 0.2) is 36.9 Å². The SMILES string of the molecule is C=CCOC(=O)c1cccc(NC(=O)NCC(=O)O)c1. The molecule has 0 aliphatic rings. The summed E-state index contributed by atoms with van der Waals surface area (Å²) in [6, 6.07) is 5.41. The van der Waals surface area contributed by atoms with Crippen LogP contribution in [0.3, 0.4) is 0 Å². The third kappa shape index (κ3) is 5.21. The molecule has 2 amide bonds. The molecule has 0 bridgehead atoms. The van der Waals surface area contributed by atoms with E-state index in [2.05, 4.69) is 17.2 Å². The minimum Gasteiger partial charge on any atom is -0.480 e. The lowest BCUT2D eigenvalue weighted by Crippen LogP contribution is -2.33. The van der Waals surface area contributed by atoms with Gasteiger partial charge in [-0.2, -0.15) is 0 Å². The number of carboxylic acids is 1. The molecule has 0 unspecified atom stereocenters. The Balaban J connectivity index is 2.63. The Hall–Kier alpha value is -2.83.